The smallest absolute Gasteiger partial charge is 0.179 e. The lowest BCUT2D eigenvalue weighted by molar-refractivity contribution is 0.687. The summed E-state index contributed by atoms with van der Waals surface area (Å²) < 4.78 is 0. The normalized spacial score (nSPS) is 16.2. The van der Waals surface area contributed by atoms with Crippen molar-refractivity contribution in [1.82, 2.24) is 4.90 Å². The summed E-state index contributed by atoms with van der Waals surface area (Å²) in [6.07, 6.45) is 0. The van der Waals surface area contributed by atoms with Gasteiger partial charge in [0.05, 0.1) is 5.69 Å². The highest BCUT2D eigenvalue weighted by atomic mass is 32.2. The third kappa shape index (κ3) is 3.62. The largest absolute Gasteiger partial charge is 0.332 e. The van der Waals surface area contributed by atoms with Gasteiger partial charge < -0.3 is 5.32 Å². The molecule has 0 aromatic heterocycles. The van der Waals surface area contributed by atoms with Gasteiger partial charge in [0.25, 0.3) is 0 Å². The molecule has 1 saturated heterocycles. The molecule has 21 heavy (non-hydrogen) atoms. The monoisotopic (exact) mass is 313 g/mol. The van der Waals surface area contributed by atoms with Gasteiger partial charge in [0.15, 0.2) is 10.3 Å². The van der Waals surface area contributed by atoms with Crippen molar-refractivity contribution >= 4 is 45.6 Å². The van der Waals surface area contributed by atoms with E-state index < -0.39 is 0 Å². The summed E-state index contributed by atoms with van der Waals surface area (Å²) >= 11 is 7.24. The van der Waals surface area contributed by atoms with Crippen molar-refractivity contribution in [3.05, 3.63) is 60.7 Å². The van der Waals surface area contributed by atoms with E-state index in [1.54, 1.807) is 11.8 Å². The van der Waals surface area contributed by atoms with Gasteiger partial charge in [-0.1, -0.05) is 48.2 Å². The lowest BCUT2D eigenvalue weighted by Gasteiger charge is -2.19. The van der Waals surface area contributed by atoms with Crippen LogP contribution in [0.4, 0.5) is 11.4 Å². The van der Waals surface area contributed by atoms with Crippen LogP contribution in [0.3, 0.4) is 0 Å². The third-order valence-electron chi connectivity index (χ3n) is 3.03. The molecule has 1 aliphatic heterocycles. The van der Waals surface area contributed by atoms with Crippen LogP contribution < -0.4 is 5.32 Å². The van der Waals surface area contributed by atoms with Gasteiger partial charge in [-0.05, 0) is 36.5 Å². The van der Waals surface area contributed by atoms with Gasteiger partial charge in [0, 0.05) is 18.0 Å². The van der Waals surface area contributed by atoms with Gasteiger partial charge in [-0.2, -0.15) is 0 Å². The molecule has 0 spiro atoms. The van der Waals surface area contributed by atoms with Crippen LogP contribution in [0.2, 0.25) is 0 Å². The first kappa shape index (κ1) is 14.1. The van der Waals surface area contributed by atoms with E-state index in [0.29, 0.717) is 5.11 Å². The van der Waals surface area contributed by atoms with Crippen molar-refractivity contribution in [3.8, 4) is 0 Å². The zero-order valence-corrected chi connectivity index (χ0v) is 13.0. The van der Waals surface area contributed by atoms with Gasteiger partial charge >= 0.3 is 0 Å². The Bertz CT molecular complexity index is 641. The van der Waals surface area contributed by atoms with Crippen molar-refractivity contribution in [2.75, 3.05) is 17.6 Å². The van der Waals surface area contributed by atoms with E-state index in [0.717, 1.165) is 28.8 Å². The average molecular weight is 313 g/mol. The maximum atomic E-state index is 5.51. The lowest BCUT2D eigenvalue weighted by atomic mass is 10.3. The summed E-state index contributed by atoms with van der Waals surface area (Å²) in [6.45, 7) is 0.884. The minimum atomic E-state index is 0.695. The highest BCUT2D eigenvalue weighted by Crippen LogP contribution is 2.23. The second-order valence-corrected chi connectivity index (χ2v) is 5.97. The predicted octanol–water partition coefficient (Wildman–Crippen LogP) is 4.12. The number of anilines is 1. The quantitative estimate of drug-likeness (QED) is 0.844. The number of para-hydroxylation sites is 2. The number of benzene rings is 2. The van der Waals surface area contributed by atoms with E-state index >= 15 is 0 Å². The Kier molecular flexibility index (Phi) is 4.52. The molecule has 0 atom stereocenters. The maximum absolute atomic E-state index is 5.51. The Morgan fingerprint density at radius 1 is 1.05 bits per heavy atom. The van der Waals surface area contributed by atoms with Gasteiger partial charge in [0.1, 0.15) is 0 Å². The number of aliphatic imine (C=N–C) groups is 1. The molecule has 3 rings (SSSR count). The summed E-state index contributed by atoms with van der Waals surface area (Å²) in [6, 6.07) is 19.9. The maximum Gasteiger partial charge on any atom is 0.179 e. The van der Waals surface area contributed by atoms with E-state index in [2.05, 4.69) is 15.2 Å². The molecule has 2 aromatic rings. The summed E-state index contributed by atoms with van der Waals surface area (Å²) in [5.74, 6) is 1.00. The fourth-order valence-electron chi connectivity index (χ4n) is 2.01. The van der Waals surface area contributed by atoms with Gasteiger partial charge in [-0.3, -0.25) is 4.90 Å². The summed E-state index contributed by atoms with van der Waals surface area (Å²) in [5.41, 5.74) is 1.95. The fourth-order valence-corrected chi connectivity index (χ4v) is 3.33. The highest BCUT2D eigenvalue weighted by molar-refractivity contribution is 8.14. The molecule has 0 radical (unpaired) electrons. The van der Waals surface area contributed by atoms with E-state index in [4.69, 9.17) is 12.2 Å². The van der Waals surface area contributed by atoms with Crippen LogP contribution in [-0.2, 0) is 0 Å². The van der Waals surface area contributed by atoms with Crippen LogP contribution >= 0.6 is 24.0 Å². The van der Waals surface area contributed by atoms with E-state index in [9.17, 15) is 0 Å². The Labute approximate surface area is 134 Å². The van der Waals surface area contributed by atoms with E-state index in [1.807, 2.05) is 60.7 Å². The summed E-state index contributed by atoms with van der Waals surface area (Å²) in [5, 5.41) is 4.91. The molecule has 5 heteroatoms. The minimum absolute atomic E-state index is 0.695. The molecule has 106 valence electrons. The average Bonchev–Trinajstić information content (AvgIpc) is 2.97. The zero-order chi connectivity index (χ0) is 14.5. The van der Waals surface area contributed by atoms with Crippen molar-refractivity contribution in [2.24, 2.45) is 4.99 Å². The standard InChI is InChI=1S/C16H15N3S2/c20-15(17-13-7-3-1-4-8-13)19-11-12-21-16(19)18-14-9-5-2-6-10-14/h1-10H,11-12H2,(H,17,20). The van der Waals surface area contributed by atoms with Gasteiger partial charge in [0.2, 0.25) is 0 Å². The molecule has 0 aliphatic carbocycles. The van der Waals surface area contributed by atoms with Crippen LogP contribution in [0.15, 0.2) is 65.7 Å². The molecule has 0 bridgehead atoms. The van der Waals surface area contributed by atoms with Gasteiger partial charge in [-0.25, -0.2) is 4.99 Å². The number of nitrogens with one attached hydrogen (secondary N) is 1. The van der Waals surface area contributed by atoms with E-state index in [-0.39, 0.29) is 0 Å². The molecular weight excluding hydrogens is 298 g/mol. The van der Waals surface area contributed by atoms with E-state index in [1.165, 1.54) is 0 Å². The van der Waals surface area contributed by atoms with Crippen LogP contribution in [0.5, 0.6) is 0 Å². The molecule has 2 aromatic carbocycles. The highest BCUT2D eigenvalue weighted by Gasteiger charge is 2.23. The van der Waals surface area contributed by atoms with Crippen LogP contribution in [-0.4, -0.2) is 27.5 Å². The first-order chi connectivity index (χ1) is 10.3. The first-order valence-electron chi connectivity index (χ1n) is 6.73. The third-order valence-corrected chi connectivity index (χ3v) is 4.31. The number of hydrogen-bond donors (Lipinski definition) is 1. The molecule has 0 amide bonds. The molecule has 1 heterocycles. The molecule has 0 unspecified atom stereocenters. The van der Waals surface area contributed by atoms with Crippen molar-refractivity contribution in [2.45, 2.75) is 0 Å². The molecule has 1 N–H and O–H groups in total. The second-order valence-electron chi connectivity index (χ2n) is 4.53. The summed E-state index contributed by atoms with van der Waals surface area (Å²) in [4.78, 5) is 6.74. The number of thiocarbonyl (C=S) groups is 1. The van der Waals surface area contributed by atoms with Crippen LogP contribution in [0.1, 0.15) is 0 Å². The summed E-state index contributed by atoms with van der Waals surface area (Å²) in [7, 11) is 0. The van der Waals surface area contributed by atoms with Crippen molar-refractivity contribution in [3.63, 3.8) is 0 Å². The SMILES string of the molecule is S=C(Nc1ccccc1)N1CCSC1=Nc1ccccc1. The van der Waals surface area contributed by atoms with Crippen molar-refractivity contribution < 1.29 is 0 Å². The number of thioether (sulfide) groups is 1. The zero-order valence-electron chi connectivity index (χ0n) is 11.4. The lowest BCUT2D eigenvalue weighted by Crippen LogP contribution is -2.35. The van der Waals surface area contributed by atoms with Gasteiger partial charge in [-0.15, -0.1) is 0 Å². The number of amidine groups is 1. The molecule has 1 aliphatic rings. The molecule has 0 saturated carbocycles. The first-order valence-corrected chi connectivity index (χ1v) is 8.12. The number of nitrogens with zero attached hydrogens (tertiary/aromatic N) is 2. The Balaban J connectivity index is 1.75. The Morgan fingerprint density at radius 3 is 2.43 bits per heavy atom. The number of hydrogen-bond acceptors (Lipinski definition) is 3. The fraction of sp³-hybridized carbons (Fsp3) is 0.125. The molecule has 3 nitrogen and oxygen atoms in total. The topological polar surface area (TPSA) is 27.6 Å². The van der Waals surface area contributed by atoms with Crippen LogP contribution in [0.25, 0.3) is 0 Å². The number of rotatable bonds is 2. The predicted molar refractivity (Wildman–Crippen MR) is 95.4 cm³/mol. The van der Waals surface area contributed by atoms with Crippen LogP contribution in [0, 0.1) is 0 Å². The Morgan fingerprint density at radius 2 is 1.71 bits per heavy atom. The Hall–Kier alpha value is -1.85. The second kappa shape index (κ2) is 6.74. The van der Waals surface area contributed by atoms with Crippen molar-refractivity contribution in [1.29, 1.82) is 0 Å². The minimum Gasteiger partial charge on any atom is -0.332 e. The molecule has 1 fully saturated rings. The molecular formula is C16H15N3S2.